The van der Waals surface area contributed by atoms with Crippen molar-refractivity contribution in [3.63, 3.8) is 0 Å². The average Bonchev–Trinajstić information content (AvgIpc) is 2.19. The van der Waals surface area contributed by atoms with Crippen molar-refractivity contribution in [2.75, 3.05) is 13.1 Å². The van der Waals surface area contributed by atoms with Gasteiger partial charge in [0.25, 0.3) is 0 Å². The zero-order valence-electron chi connectivity index (χ0n) is 8.37. The Morgan fingerprint density at radius 1 is 1.71 bits per heavy atom. The Balaban J connectivity index is 2.50. The SMILES string of the molecule is CCC1CN(C(=O)CC#N)CCC1F. The minimum atomic E-state index is -0.786. The molecule has 0 aliphatic carbocycles. The average molecular weight is 198 g/mol. The van der Waals surface area contributed by atoms with Crippen LogP contribution >= 0.6 is 0 Å². The maximum atomic E-state index is 13.3. The van der Waals surface area contributed by atoms with Gasteiger partial charge in [-0.25, -0.2) is 4.39 Å². The van der Waals surface area contributed by atoms with Crippen molar-refractivity contribution < 1.29 is 9.18 Å². The highest BCUT2D eigenvalue weighted by molar-refractivity contribution is 5.78. The van der Waals surface area contributed by atoms with E-state index in [-0.39, 0.29) is 18.2 Å². The molecule has 1 rings (SSSR count). The summed E-state index contributed by atoms with van der Waals surface area (Å²) in [5.41, 5.74) is 0. The third kappa shape index (κ3) is 2.44. The lowest BCUT2D eigenvalue weighted by Crippen LogP contribution is -2.44. The maximum Gasteiger partial charge on any atom is 0.236 e. The second kappa shape index (κ2) is 4.94. The lowest BCUT2D eigenvalue weighted by atomic mass is 9.93. The van der Waals surface area contributed by atoms with Crippen LogP contribution in [0, 0.1) is 17.2 Å². The molecule has 78 valence electrons. The van der Waals surface area contributed by atoms with Crippen LogP contribution in [0.1, 0.15) is 26.2 Å². The van der Waals surface area contributed by atoms with Gasteiger partial charge in [0.15, 0.2) is 0 Å². The fourth-order valence-electron chi connectivity index (χ4n) is 1.79. The van der Waals surface area contributed by atoms with Crippen molar-refractivity contribution >= 4 is 5.91 Å². The molecule has 0 radical (unpaired) electrons. The van der Waals surface area contributed by atoms with E-state index in [1.807, 2.05) is 13.0 Å². The van der Waals surface area contributed by atoms with Crippen molar-refractivity contribution in [2.24, 2.45) is 5.92 Å². The van der Waals surface area contributed by atoms with E-state index in [9.17, 15) is 9.18 Å². The molecule has 0 aromatic rings. The summed E-state index contributed by atoms with van der Waals surface area (Å²) in [7, 11) is 0. The molecule has 1 amide bonds. The van der Waals surface area contributed by atoms with E-state index < -0.39 is 6.17 Å². The molecule has 0 aromatic carbocycles. The summed E-state index contributed by atoms with van der Waals surface area (Å²) in [6, 6.07) is 1.82. The van der Waals surface area contributed by atoms with Gasteiger partial charge in [-0.15, -0.1) is 0 Å². The lowest BCUT2D eigenvalue weighted by Gasteiger charge is -2.34. The van der Waals surface area contributed by atoms with Gasteiger partial charge in [0.05, 0.1) is 6.07 Å². The number of hydrogen-bond acceptors (Lipinski definition) is 2. The second-order valence-electron chi connectivity index (χ2n) is 3.65. The lowest BCUT2D eigenvalue weighted by molar-refractivity contribution is -0.132. The Kier molecular flexibility index (Phi) is 3.87. The molecule has 0 spiro atoms. The molecular formula is C10H15FN2O. The Morgan fingerprint density at radius 2 is 2.43 bits per heavy atom. The fraction of sp³-hybridized carbons (Fsp3) is 0.800. The first kappa shape index (κ1) is 11.0. The number of nitrogens with zero attached hydrogens (tertiary/aromatic N) is 2. The summed E-state index contributed by atoms with van der Waals surface area (Å²) >= 11 is 0. The standard InChI is InChI=1S/C10H15FN2O/c1-2-8-7-13(6-4-9(8)11)10(14)3-5-12/h8-9H,2-4,6-7H2,1H3. The zero-order chi connectivity index (χ0) is 10.6. The number of alkyl halides is 1. The smallest absolute Gasteiger partial charge is 0.236 e. The van der Waals surface area contributed by atoms with Gasteiger partial charge in [-0.3, -0.25) is 4.79 Å². The van der Waals surface area contributed by atoms with Gasteiger partial charge in [0, 0.05) is 19.0 Å². The van der Waals surface area contributed by atoms with Crippen LogP contribution in [-0.4, -0.2) is 30.1 Å². The highest BCUT2D eigenvalue weighted by Crippen LogP contribution is 2.23. The Bertz CT molecular complexity index is 249. The number of halogens is 1. The molecule has 0 bridgehead atoms. The molecule has 1 aliphatic heterocycles. The minimum Gasteiger partial charge on any atom is -0.341 e. The van der Waals surface area contributed by atoms with Crippen LogP contribution in [-0.2, 0) is 4.79 Å². The molecule has 2 unspecified atom stereocenters. The van der Waals surface area contributed by atoms with Gasteiger partial charge in [-0.2, -0.15) is 5.26 Å². The van der Waals surface area contributed by atoms with E-state index in [0.29, 0.717) is 19.5 Å². The number of amides is 1. The first-order valence-electron chi connectivity index (χ1n) is 4.97. The largest absolute Gasteiger partial charge is 0.341 e. The number of piperidine rings is 1. The first-order valence-corrected chi connectivity index (χ1v) is 4.97. The van der Waals surface area contributed by atoms with Crippen LogP contribution in [0.2, 0.25) is 0 Å². The number of carbonyl (C=O) groups is 1. The molecule has 1 aliphatic rings. The van der Waals surface area contributed by atoms with Crippen LogP contribution in [0.3, 0.4) is 0 Å². The van der Waals surface area contributed by atoms with Gasteiger partial charge in [-0.05, 0) is 12.8 Å². The topological polar surface area (TPSA) is 44.1 Å². The molecule has 0 saturated carbocycles. The number of carbonyl (C=O) groups excluding carboxylic acids is 1. The van der Waals surface area contributed by atoms with Gasteiger partial charge in [-0.1, -0.05) is 6.92 Å². The van der Waals surface area contributed by atoms with Gasteiger partial charge < -0.3 is 4.90 Å². The van der Waals surface area contributed by atoms with E-state index in [2.05, 4.69) is 0 Å². The number of likely N-dealkylation sites (tertiary alicyclic amines) is 1. The number of rotatable bonds is 2. The molecule has 2 atom stereocenters. The van der Waals surface area contributed by atoms with E-state index in [1.54, 1.807) is 4.90 Å². The van der Waals surface area contributed by atoms with Crippen molar-refractivity contribution in [3.05, 3.63) is 0 Å². The van der Waals surface area contributed by atoms with Crippen LogP contribution in [0.25, 0.3) is 0 Å². The molecule has 1 saturated heterocycles. The molecular weight excluding hydrogens is 183 g/mol. The predicted octanol–water partition coefficient (Wildman–Crippen LogP) is 1.50. The van der Waals surface area contributed by atoms with Crippen molar-refractivity contribution in [1.82, 2.24) is 4.90 Å². The summed E-state index contributed by atoms with van der Waals surface area (Å²) in [5.74, 6) is -0.218. The molecule has 0 N–H and O–H groups in total. The Labute approximate surface area is 83.5 Å². The highest BCUT2D eigenvalue weighted by Gasteiger charge is 2.29. The Hall–Kier alpha value is -1.11. The quantitative estimate of drug-likeness (QED) is 0.674. The Morgan fingerprint density at radius 3 is 3.00 bits per heavy atom. The summed E-state index contributed by atoms with van der Waals surface area (Å²) in [6.07, 6.45) is 0.284. The molecule has 14 heavy (non-hydrogen) atoms. The third-order valence-corrected chi connectivity index (χ3v) is 2.75. The molecule has 1 fully saturated rings. The molecule has 0 aromatic heterocycles. The zero-order valence-corrected chi connectivity index (χ0v) is 8.37. The van der Waals surface area contributed by atoms with E-state index in [4.69, 9.17) is 5.26 Å². The normalized spacial score (nSPS) is 27.1. The number of nitriles is 1. The van der Waals surface area contributed by atoms with Gasteiger partial charge >= 0.3 is 0 Å². The summed E-state index contributed by atoms with van der Waals surface area (Å²) < 4.78 is 13.3. The van der Waals surface area contributed by atoms with Crippen molar-refractivity contribution in [3.8, 4) is 6.07 Å². The van der Waals surface area contributed by atoms with Crippen LogP contribution in [0.4, 0.5) is 4.39 Å². The summed E-state index contributed by atoms with van der Waals surface area (Å²) in [6.45, 7) is 2.85. The van der Waals surface area contributed by atoms with E-state index >= 15 is 0 Å². The van der Waals surface area contributed by atoms with Gasteiger partial charge in [0.1, 0.15) is 12.6 Å². The molecule has 3 nitrogen and oxygen atoms in total. The molecule has 4 heteroatoms. The highest BCUT2D eigenvalue weighted by atomic mass is 19.1. The van der Waals surface area contributed by atoms with E-state index in [1.165, 1.54) is 0 Å². The predicted molar refractivity (Wildman–Crippen MR) is 50.1 cm³/mol. The molecule has 1 heterocycles. The summed E-state index contributed by atoms with van der Waals surface area (Å²) in [4.78, 5) is 13.0. The van der Waals surface area contributed by atoms with Crippen LogP contribution in [0.5, 0.6) is 0 Å². The van der Waals surface area contributed by atoms with Crippen molar-refractivity contribution in [1.29, 1.82) is 5.26 Å². The second-order valence-corrected chi connectivity index (χ2v) is 3.65. The minimum absolute atomic E-state index is 0.0496. The number of hydrogen-bond donors (Lipinski definition) is 0. The monoisotopic (exact) mass is 198 g/mol. The maximum absolute atomic E-state index is 13.3. The van der Waals surface area contributed by atoms with Crippen LogP contribution in [0.15, 0.2) is 0 Å². The summed E-state index contributed by atoms with van der Waals surface area (Å²) in [5, 5.41) is 8.37. The van der Waals surface area contributed by atoms with Crippen LogP contribution < -0.4 is 0 Å². The van der Waals surface area contributed by atoms with E-state index in [0.717, 1.165) is 6.42 Å². The first-order chi connectivity index (χ1) is 6.69. The van der Waals surface area contributed by atoms with Crippen molar-refractivity contribution in [2.45, 2.75) is 32.4 Å². The van der Waals surface area contributed by atoms with Gasteiger partial charge in [0.2, 0.25) is 5.91 Å². The fourth-order valence-corrected chi connectivity index (χ4v) is 1.79. The third-order valence-electron chi connectivity index (χ3n) is 2.75.